The number of anilines is 1. The maximum absolute atomic E-state index is 12.1. The van der Waals surface area contributed by atoms with Crippen molar-refractivity contribution in [3.8, 4) is 5.75 Å². The molecule has 116 valence electrons. The van der Waals surface area contributed by atoms with Crippen molar-refractivity contribution in [2.45, 2.75) is 31.8 Å². The second-order valence-electron chi connectivity index (χ2n) is 5.18. The summed E-state index contributed by atoms with van der Waals surface area (Å²) in [7, 11) is 0. The third-order valence-electron chi connectivity index (χ3n) is 3.50. The van der Waals surface area contributed by atoms with Crippen LogP contribution < -0.4 is 15.4 Å². The number of carbonyl (C=O) groups is 1. The predicted octanol–water partition coefficient (Wildman–Crippen LogP) is 2.90. The van der Waals surface area contributed by atoms with Gasteiger partial charge in [0.15, 0.2) is 6.10 Å². The maximum atomic E-state index is 12.1. The van der Waals surface area contributed by atoms with E-state index in [-0.39, 0.29) is 5.91 Å². The Morgan fingerprint density at radius 1 is 1.33 bits per heavy atom. The highest BCUT2D eigenvalue weighted by Crippen LogP contribution is 2.28. The molecule has 4 nitrogen and oxygen atoms in total. The molecule has 1 aromatic carbocycles. The molecule has 1 amide bonds. The van der Waals surface area contributed by atoms with E-state index in [4.69, 9.17) is 4.74 Å². The molecule has 1 atom stereocenters. The van der Waals surface area contributed by atoms with Gasteiger partial charge in [-0.25, -0.2) is 0 Å². The van der Waals surface area contributed by atoms with Crippen LogP contribution in [0.2, 0.25) is 0 Å². The Hall–Kier alpha value is -1.36. The van der Waals surface area contributed by atoms with E-state index in [2.05, 4.69) is 16.9 Å². The first-order valence-electron chi connectivity index (χ1n) is 7.57. The molecule has 0 bridgehead atoms. The number of ether oxygens (including phenoxy) is 1. The van der Waals surface area contributed by atoms with Crippen molar-refractivity contribution >= 4 is 23.4 Å². The summed E-state index contributed by atoms with van der Waals surface area (Å²) in [6.07, 6.45) is 6.42. The molecular weight excluding hydrogens is 284 g/mol. The van der Waals surface area contributed by atoms with Crippen molar-refractivity contribution in [3.05, 3.63) is 24.3 Å². The van der Waals surface area contributed by atoms with Gasteiger partial charge >= 0.3 is 0 Å². The van der Waals surface area contributed by atoms with Crippen molar-refractivity contribution in [1.29, 1.82) is 0 Å². The van der Waals surface area contributed by atoms with Crippen LogP contribution in [0.3, 0.4) is 0 Å². The van der Waals surface area contributed by atoms with E-state index >= 15 is 0 Å². The van der Waals surface area contributed by atoms with Gasteiger partial charge in [0.2, 0.25) is 0 Å². The molecule has 1 unspecified atom stereocenters. The number of thioether (sulfide) groups is 1. The molecule has 2 N–H and O–H groups in total. The molecule has 0 aromatic heterocycles. The summed E-state index contributed by atoms with van der Waals surface area (Å²) in [6.45, 7) is 1.26. The highest BCUT2D eigenvalue weighted by atomic mass is 32.2. The Bertz CT molecular complexity index is 454. The first-order valence-corrected chi connectivity index (χ1v) is 8.97. The largest absolute Gasteiger partial charge is 0.477 e. The molecule has 0 fully saturated rings. The van der Waals surface area contributed by atoms with E-state index in [9.17, 15) is 4.79 Å². The highest BCUT2D eigenvalue weighted by molar-refractivity contribution is 7.98. The Labute approximate surface area is 131 Å². The van der Waals surface area contributed by atoms with E-state index in [0.29, 0.717) is 6.54 Å². The summed E-state index contributed by atoms with van der Waals surface area (Å²) in [5.41, 5.74) is 0.954. The molecule has 1 heterocycles. The van der Waals surface area contributed by atoms with Gasteiger partial charge in [0, 0.05) is 6.54 Å². The number of para-hydroxylation sites is 2. The van der Waals surface area contributed by atoms with Crippen molar-refractivity contribution < 1.29 is 9.53 Å². The Morgan fingerprint density at radius 2 is 2.14 bits per heavy atom. The van der Waals surface area contributed by atoms with E-state index < -0.39 is 6.10 Å². The number of benzene rings is 1. The first kappa shape index (κ1) is 16.0. The molecular formula is C16H24N2O2S. The molecule has 0 saturated carbocycles. The lowest BCUT2D eigenvalue weighted by atomic mass is 10.2. The third kappa shape index (κ3) is 5.16. The minimum absolute atomic E-state index is 0.0267. The van der Waals surface area contributed by atoms with Gasteiger partial charge in [-0.3, -0.25) is 4.79 Å². The highest BCUT2D eigenvalue weighted by Gasteiger charge is 2.24. The number of amides is 1. The topological polar surface area (TPSA) is 50.4 Å². The van der Waals surface area contributed by atoms with Crippen LogP contribution >= 0.6 is 11.8 Å². The lowest BCUT2D eigenvalue weighted by Gasteiger charge is -2.26. The molecule has 0 radical (unpaired) electrons. The van der Waals surface area contributed by atoms with Crippen LogP contribution in [0.15, 0.2) is 24.3 Å². The minimum atomic E-state index is -0.434. The zero-order valence-electron chi connectivity index (χ0n) is 12.6. The summed E-state index contributed by atoms with van der Waals surface area (Å²) >= 11 is 1.89. The quantitative estimate of drug-likeness (QED) is 0.725. The summed E-state index contributed by atoms with van der Waals surface area (Å²) in [5, 5.41) is 6.20. The van der Waals surface area contributed by atoms with Gasteiger partial charge in [0.1, 0.15) is 5.75 Å². The Balaban J connectivity index is 1.64. The van der Waals surface area contributed by atoms with Gasteiger partial charge in [0.05, 0.1) is 12.2 Å². The molecule has 21 heavy (non-hydrogen) atoms. The fourth-order valence-electron chi connectivity index (χ4n) is 2.31. The van der Waals surface area contributed by atoms with Crippen LogP contribution in [-0.4, -0.2) is 37.1 Å². The summed E-state index contributed by atoms with van der Waals surface area (Å²) < 4.78 is 5.73. The predicted molar refractivity (Wildman–Crippen MR) is 89.2 cm³/mol. The Kier molecular flexibility index (Phi) is 6.73. The van der Waals surface area contributed by atoms with Crippen LogP contribution in [0.4, 0.5) is 5.69 Å². The summed E-state index contributed by atoms with van der Waals surface area (Å²) in [5.74, 6) is 1.95. The fraction of sp³-hybridized carbons (Fsp3) is 0.562. The molecule has 1 aliphatic heterocycles. The number of rotatable bonds is 8. The number of hydrogen-bond donors (Lipinski definition) is 2. The maximum Gasteiger partial charge on any atom is 0.262 e. The first-order chi connectivity index (χ1) is 10.3. The number of unbranched alkanes of at least 4 members (excludes halogenated alkanes) is 3. The van der Waals surface area contributed by atoms with Gasteiger partial charge in [-0.2, -0.15) is 11.8 Å². The summed E-state index contributed by atoms with van der Waals surface area (Å²) in [6, 6.07) is 7.70. The second kappa shape index (κ2) is 8.82. The molecule has 5 heteroatoms. The number of fused-ring (bicyclic) bond motifs is 1. The van der Waals surface area contributed by atoms with Crippen LogP contribution in [0.5, 0.6) is 5.75 Å². The standard InChI is InChI=1S/C16H24N2O2S/c1-21-11-7-3-2-6-10-17-16(19)15-12-18-13-8-4-5-9-14(13)20-15/h4-5,8-9,15,18H,2-3,6-7,10-12H2,1H3,(H,17,19). The molecule has 1 aliphatic rings. The normalized spacial score (nSPS) is 16.5. The number of nitrogens with one attached hydrogen (secondary N) is 2. The monoisotopic (exact) mass is 308 g/mol. The third-order valence-corrected chi connectivity index (χ3v) is 4.20. The van der Waals surface area contributed by atoms with Crippen molar-refractivity contribution in [3.63, 3.8) is 0 Å². The van der Waals surface area contributed by atoms with Crippen molar-refractivity contribution in [1.82, 2.24) is 5.32 Å². The van der Waals surface area contributed by atoms with Gasteiger partial charge in [-0.05, 0) is 37.0 Å². The molecule has 1 aromatic rings. The average molecular weight is 308 g/mol. The average Bonchev–Trinajstić information content (AvgIpc) is 2.53. The van der Waals surface area contributed by atoms with E-state index in [1.165, 1.54) is 25.0 Å². The number of carbonyl (C=O) groups excluding carboxylic acids is 1. The van der Waals surface area contributed by atoms with Gasteiger partial charge in [0.25, 0.3) is 5.91 Å². The van der Waals surface area contributed by atoms with E-state index in [1.54, 1.807) is 0 Å². The summed E-state index contributed by atoms with van der Waals surface area (Å²) in [4.78, 5) is 12.1. The van der Waals surface area contributed by atoms with Crippen LogP contribution in [0, 0.1) is 0 Å². The van der Waals surface area contributed by atoms with Gasteiger partial charge < -0.3 is 15.4 Å². The second-order valence-corrected chi connectivity index (χ2v) is 6.17. The van der Waals surface area contributed by atoms with Gasteiger partial charge in [-0.15, -0.1) is 0 Å². The molecule has 0 spiro atoms. The molecule has 0 aliphatic carbocycles. The van der Waals surface area contributed by atoms with Crippen molar-refractivity contribution in [2.75, 3.05) is 30.4 Å². The Morgan fingerprint density at radius 3 is 3.00 bits per heavy atom. The zero-order valence-corrected chi connectivity index (χ0v) is 13.4. The minimum Gasteiger partial charge on any atom is -0.477 e. The van der Waals surface area contributed by atoms with Crippen LogP contribution in [0.25, 0.3) is 0 Å². The SMILES string of the molecule is CSCCCCCCNC(=O)C1CNc2ccccc2O1. The van der Waals surface area contributed by atoms with E-state index in [1.807, 2.05) is 36.0 Å². The van der Waals surface area contributed by atoms with Crippen molar-refractivity contribution in [2.24, 2.45) is 0 Å². The number of hydrogen-bond acceptors (Lipinski definition) is 4. The zero-order chi connectivity index (χ0) is 14.9. The van der Waals surface area contributed by atoms with Crippen LogP contribution in [-0.2, 0) is 4.79 Å². The molecule has 2 rings (SSSR count). The smallest absolute Gasteiger partial charge is 0.262 e. The van der Waals surface area contributed by atoms with Crippen LogP contribution in [0.1, 0.15) is 25.7 Å². The van der Waals surface area contributed by atoms with Gasteiger partial charge in [-0.1, -0.05) is 25.0 Å². The fourth-order valence-corrected chi connectivity index (χ4v) is 2.80. The molecule has 0 saturated heterocycles. The van der Waals surface area contributed by atoms with E-state index in [0.717, 1.165) is 24.4 Å². The lowest BCUT2D eigenvalue weighted by Crippen LogP contribution is -2.44. The lowest BCUT2D eigenvalue weighted by molar-refractivity contribution is -0.127.